The van der Waals surface area contributed by atoms with Gasteiger partial charge in [-0.2, -0.15) is 0 Å². The van der Waals surface area contributed by atoms with E-state index in [9.17, 15) is 4.79 Å². The van der Waals surface area contributed by atoms with Crippen LogP contribution in [0.5, 0.6) is 0 Å². The van der Waals surface area contributed by atoms with Crippen LogP contribution in [-0.2, 0) is 11.2 Å². The molecule has 3 rings (SSSR count). The zero-order chi connectivity index (χ0) is 24.7. The van der Waals surface area contributed by atoms with Crippen LogP contribution in [0.3, 0.4) is 0 Å². The Bertz CT molecular complexity index is 1130. The van der Waals surface area contributed by atoms with Crippen molar-refractivity contribution in [2.24, 2.45) is 9.98 Å². The molecule has 8 heteroatoms. The van der Waals surface area contributed by atoms with Gasteiger partial charge in [-0.15, -0.1) is 0 Å². The van der Waals surface area contributed by atoms with Gasteiger partial charge in [-0.25, -0.2) is 9.79 Å². The maximum atomic E-state index is 12.0. The molecule has 0 fully saturated rings. The molecule has 0 saturated heterocycles. The Hall–Kier alpha value is -2.83. The molecule has 0 bridgehead atoms. The van der Waals surface area contributed by atoms with Crippen LogP contribution in [0, 0.1) is 0 Å². The van der Waals surface area contributed by atoms with Gasteiger partial charge < -0.3 is 15.4 Å². The lowest BCUT2D eigenvalue weighted by molar-refractivity contribution is 0.0871. The first kappa shape index (κ1) is 25.8. The Labute approximate surface area is 211 Å². The molecule has 2 aromatic rings. The van der Waals surface area contributed by atoms with Crippen molar-refractivity contribution in [2.45, 2.75) is 45.3 Å². The van der Waals surface area contributed by atoms with Crippen LogP contribution >= 0.6 is 23.2 Å². The number of nitrogens with zero attached hydrogens (tertiary/aromatic N) is 2. The van der Waals surface area contributed by atoms with Gasteiger partial charge in [0.2, 0.25) is 0 Å². The summed E-state index contributed by atoms with van der Waals surface area (Å²) in [5.74, 6) is 0.641. The average Bonchev–Trinajstić information content (AvgIpc) is 3.17. The lowest BCUT2D eigenvalue weighted by Crippen LogP contribution is -2.40. The molecule has 2 aromatic carbocycles. The maximum absolute atomic E-state index is 12.0. The van der Waals surface area contributed by atoms with Crippen LogP contribution < -0.4 is 10.6 Å². The zero-order valence-electron chi connectivity index (χ0n) is 19.9. The van der Waals surface area contributed by atoms with Gasteiger partial charge in [-0.05, 0) is 42.2 Å². The molecule has 0 aliphatic heterocycles. The van der Waals surface area contributed by atoms with E-state index in [2.05, 4.69) is 21.7 Å². The molecule has 0 unspecified atom stereocenters. The van der Waals surface area contributed by atoms with Crippen molar-refractivity contribution in [3.05, 3.63) is 75.3 Å². The van der Waals surface area contributed by atoms with Crippen LogP contribution in [0.4, 0.5) is 4.79 Å². The van der Waals surface area contributed by atoms with Gasteiger partial charge in [0.15, 0.2) is 0 Å². The number of carbonyl (C=O) groups is 1. The minimum atomic E-state index is -0.463. The number of amidine groups is 1. The smallest absolute Gasteiger partial charge is 0.407 e. The first-order valence-electron chi connectivity index (χ1n) is 11.3. The second kappa shape index (κ2) is 12.0. The fraction of sp³-hybridized carbons (Fsp3) is 0.346. The van der Waals surface area contributed by atoms with Crippen molar-refractivity contribution in [2.75, 3.05) is 14.1 Å². The van der Waals surface area contributed by atoms with E-state index in [0.29, 0.717) is 28.7 Å². The van der Waals surface area contributed by atoms with Crippen molar-refractivity contribution < 1.29 is 9.53 Å². The molecule has 0 saturated carbocycles. The van der Waals surface area contributed by atoms with E-state index < -0.39 is 6.09 Å². The number of nitrogens with one attached hydrogen (secondary N) is 2. The number of aliphatic imine (C=N–C) groups is 2. The summed E-state index contributed by atoms with van der Waals surface area (Å²) in [5, 5.41) is 7.16. The molecule has 0 spiro atoms. The van der Waals surface area contributed by atoms with Crippen LogP contribution in [0.2, 0.25) is 10.0 Å². The van der Waals surface area contributed by atoms with Gasteiger partial charge >= 0.3 is 6.09 Å². The number of fused-ring (bicyclic) bond motifs is 1. The lowest BCUT2D eigenvalue weighted by Gasteiger charge is -2.24. The van der Waals surface area contributed by atoms with Crippen molar-refractivity contribution >= 4 is 46.5 Å². The molecule has 6 nitrogen and oxygen atoms in total. The predicted octanol–water partition coefficient (Wildman–Crippen LogP) is 6.24. The molecule has 1 amide bonds. The molecule has 0 aromatic heterocycles. The molecular weight excluding hydrogens is 471 g/mol. The molecule has 2 atom stereocenters. The summed E-state index contributed by atoms with van der Waals surface area (Å²) in [4.78, 5) is 21.5. The highest BCUT2D eigenvalue weighted by molar-refractivity contribution is 6.42. The molecule has 180 valence electrons. The Balaban J connectivity index is 1.95. The normalized spacial score (nSPS) is 18.5. The van der Waals surface area contributed by atoms with Crippen LogP contribution in [-0.4, -0.2) is 37.8 Å². The van der Waals surface area contributed by atoms with Gasteiger partial charge in [0.05, 0.1) is 22.5 Å². The number of allylic oxidation sites excluding steroid dienone is 1. The molecule has 2 N–H and O–H groups in total. The fourth-order valence-electron chi connectivity index (χ4n) is 4.01. The quantitative estimate of drug-likeness (QED) is 0.349. The number of alkyl carbamates (subject to hydrolysis) is 1. The highest BCUT2D eigenvalue weighted by Gasteiger charge is 2.36. The zero-order valence-corrected chi connectivity index (χ0v) is 21.4. The molecule has 0 heterocycles. The Kier molecular flexibility index (Phi) is 9.13. The highest BCUT2D eigenvalue weighted by atomic mass is 35.5. The monoisotopic (exact) mass is 500 g/mol. The van der Waals surface area contributed by atoms with E-state index in [1.165, 1.54) is 0 Å². The summed E-state index contributed by atoms with van der Waals surface area (Å²) in [6.07, 6.45) is 3.25. The first-order valence-corrected chi connectivity index (χ1v) is 12.1. The van der Waals surface area contributed by atoms with E-state index in [1.807, 2.05) is 44.2 Å². The predicted molar refractivity (Wildman–Crippen MR) is 141 cm³/mol. The van der Waals surface area contributed by atoms with Gasteiger partial charge in [0, 0.05) is 31.1 Å². The number of halogens is 2. The lowest BCUT2D eigenvalue weighted by atomic mass is 10.1. The van der Waals surface area contributed by atoms with Crippen molar-refractivity contribution in [1.82, 2.24) is 10.6 Å². The minimum Gasteiger partial charge on any atom is -0.443 e. The number of carbonyl (C=O) groups excluding carboxylic acids is 1. The third-order valence-corrected chi connectivity index (χ3v) is 6.18. The summed E-state index contributed by atoms with van der Waals surface area (Å²) in [7, 11) is 3.28. The van der Waals surface area contributed by atoms with E-state index >= 15 is 0 Å². The highest BCUT2D eigenvalue weighted by Crippen LogP contribution is 2.34. The van der Waals surface area contributed by atoms with Crippen molar-refractivity contribution in [1.29, 1.82) is 0 Å². The summed E-state index contributed by atoms with van der Waals surface area (Å²) in [5.41, 5.74) is 4.56. The summed E-state index contributed by atoms with van der Waals surface area (Å²) < 4.78 is 5.68. The van der Waals surface area contributed by atoms with Gasteiger partial charge in [0.1, 0.15) is 11.9 Å². The third kappa shape index (κ3) is 5.99. The molecule has 0 radical (unpaired) electrons. The SMILES string of the molecule is CC/C=C(/N=C(CC)C(=NC)N[C@@H]1c2ccccc2C[C@@H]1OC(=O)NC)c1ccc(Cl)cc1Cl. The van der Waals surface area contributed by atoms with Crippen LogP contribution in [0.25, 0.3) is 5.70 Å². The fourth-order valence-corrected chi connectivity index (χ4v) is 4.52. The summed E-state index contributed by atoms with van der Waals surface area (Å²) in [6, 6.07) is 13.2. The standard InChI is InChI=1S/C26H30Cl2N4O2/c1-5-9-22(19-13-12-17(27)15-20(19)28)31-21(6-2)25(29-3)32-24-18-11-8-7-10-16(18)14-23(24)34-26(33)30-4/h7-13,15,23-24H,5-6,14H2,1-4H3,(H,29,32)(H,30,33)/b22-9+,31-21?/t23-,24+/m0/s1. The van der Waals surface area contributed by atoms with E-state index in [0.717, 1.165) is 34.5 Å². The van der Waals surface area contributed by atoms with E-state index in [1.54, 1.807) is 26.2 Å². The summed E-state index contributed by atoms with van der Waals surface area (Å²) >= 11 is 12.6. The Morgan fingerprint density at radius 1 is 1.21 bits per heavy atom. The van der Waals surface area contributed by atoms with Crippen molar-refractivity contribution in [3.8, 4) is 0 Å². The van der Waals surface area contributed by atoms with Gasteiger partial charge in [-0.1, -0.05) is 67.4 Å². The molecule has 1 aliphatic carbocycles. The van der Waals surface area contributed by atoms with Crippen LogP contribution in [0.15, 0.2) is 58.5 Å². The van der Waals surface area contributed by atoms with Gasteiger partial charge in [-0.3, -0.25) is 4.99 Å². The molecular formula is C26H30Cl2N4O2. The Morgan fingerprint density at radius 3 is 2.62 bits per heavy atom. The Morgan fingerprint density at radius 2 is 1.97 bits per heavy atom. The molecule has 34 heavy (non-hydrogen) atoms. The number of hydrogen-bond donors (Lipinski definition) is 2. The summed E-state index contributed by atoms with van der Waals surface area (Å²) in [6.45, 7) is 4.08. The van der Waals surface area contributed by atoms with Crippen LogP contribution in [0.1, 0.15) is 49.4 Å². The number of hydrogen-bond acceptors (Lipinski definition) is 4. The first-order chi connectivity index (χ1) is 16.4. The number of rotatable bonds is 7. The average molecular weight is 501 g/mol. The third-order valence-electron chi connectivity index (χ3n) is 5.63. The molecule has 1 aliphatic rings. The maximum Gasteiger partial charge on any atom is 0.407 e. The second-order valence-electron chi connectivity index (χ2n) is 7.82. The second-order valence-corrected chi connectivity index (χ2v) is 8.67. The number of amides is 1. The van der Waals surface area contributed by atoms with E-state index in [-0.39, 0.29) is 12.1 Å². The largest absolute Gasteiger partial charge is 0.443 e. The number of benzene rings is 2. The van der Waals surface area contributed by atoms with Crippen molar-refractivity contribution in [3.63, 3.8) is 0 Å². The van der Waals surface area contributed by atoms with Gasteiger partial charge in [0.25, 0.3) is 0 Å². The topological polar surface area (TPSA) is 75.1 Å². The minimum absolute atomic E-state index is 0.248. The number of ether oxygens (including phenoxy) is 1. The van der Waals surface area contributed by atoms with E-state index in [4.69, 9.17) is 32.9 Å².